The van der Waals surface area contributed by atoms with E-state index in [-0.39, 0.29) is 6.03 Å². The highest BCUT2D eigenvalue weighted by atomic mass is 16.5. The van der Waals surface area contributed by atoms with E-state index in [0.29, 0.717) is 32.8 Å². The van der Waals surface area contributed by atoms with Crippen molar-refractivity contribution in [3.63, 3.8) is 0 Å². The van der Waals surface area contributed by atoms with Gasteiger partial charge in [-0.2, -0.15) is 0 Å². The van der Waals surface area contributed by atoms with E-state index >= 15 is 0 Å². The molecule has 0 spiro atoms. The number of unbranched alkanes of at least 4 members (excludes halogenated alkanes) is 5. The fraction of sp³-hybridized carbons (Fsp3) is 0.938. The Labute approximate surface area is 129 Å². The van der Waals surface area contributed by atoms with Crippen LogP contribution in [0.3, 0.4) is 0 Å². The van der Waals surface area contributed by atoms with Gasteiger partial charge in [0.1, 0.15) is 0 Å². The third-order valence-electron chi connectivity index (χ3n) is 3.68. The van der Waals surface area contributed by atoms with Gasteiger partial charge in [0.25, 0.3) is 0 Å². The first-order valence-electron chi connectivity index (χ1n) is 8.53. The summed E-state index contributed by atoms with van der Waals surface area (Å²) in [5.74, 6) is 0. The zero-order chi connectivity index (χ0) is 15.2. The molecular formula is C16H32N2O3. The maximum absolute atomic E-state index is 11.8. The monoisotopic (exact) mass is 300 g/mol. The first-order chi connectivity index (χ1) is 10.3. The standard InChI is InChI=1S/C16H32N2O3/c1-2-3-4-5-6-7-12-20-13-8-9-17-16(19)18-10-14-21-15-11-18/h2-15H2,1H3,(H,17,19). The maximum Gasteiger partial charge on any atom is 0.317 e. The maximum atomic E-state index is 11.8. The van der Waals surface area contributed by atoms with E-state index in [1.54, 1.807) is 4.90 Å². The van der Waals surface area contributed by atoms with Crippen LogP contribution in [0.2, 0.25) is 0 Å². The fourth-order valence-electron chi connectivity index (χ4n) is 2.33. The second kappa shape index (κ2) is 12.9. The second-order valence-corrected chi connectivity index (χ2v) is 5.57. The predicted molar refractivity (Wildman–Crippen MR) is 84.6 cm³/mol. The lowest BCUT2D eigenvalue weighted by Crippen LogP contribution is -2.46. The van der Waals surface area contributed by atoms with E-state index in [9.17, 15) is 4.79 Å². The molecule has 1 aliphatic rings. The van der Waals surface area contributed by atoms with Gasteiger partial charge in [0.05, 0.1) is 13.2 Å². The van der Waals surface area contributed by atoms with Crippen LogP contribution in [0.25, 0.3) is 0 Å². The Morgan fingerprint density at radius 1 is 1.05 bits per heavy atom. The zero-order valence-electron chi connectivity index (χ0n) is 13.6. The van der Waals surface area contributed by atoms with Gasteiger partial charge >= 0.3 is 6.03 Å². The lowest BCUT2D eigenvalue weighted by Gasteiger charge is -2.26. The highest BCUT2D eigenvalue weighted by molar-refractivity contribution is 5.74. The highest BCUT2D eigenvalue weighted by Gasteiger charge is 2.15. The Morgan fingerprint density at radius 2 is 1.71 bits per heavy atom. The lowest BCUT2D eigenvalue weighted by atomic mass is 10.1. The Bertz CT molecular complexity index is 256. The van der Waals surface area contributed by atoms with Gasteiger partial charge in [-0.3, -0.25) is 0 Å². The fourth-order valence-corrected chi connectivity index (χ4v) is 2.33. The number of ether oxygens (including phenoxy) is 2. The van der Waals surface area contributed by atoms with Crippen LogP contribution in [0.5, 0.6) is 0 Å². The van der Waals surface area contributed by atoms with E-state index in [0.717, 1.165) is 26.1 Å². The number of rotatable bonds is 11. The molecule has 0 saturated carbocycles. The minimum Gasteiger partial charge on any atom is -0.381 e. The van der Waals surface area contributed by atoms with E-state index < -0.39 is 0 Å². The van der Waals surface area contributed by atoms with Gasteiger partial charge in [-0.1, -0.05) is 39.0 Å². The summed E-state index contributed by atoms with van der Waals surface area (Å²) in [6.45, 7) is 7.19. The normalized spacial score (nSPS) is 15.2. The van der Waals surface area contributed by atoms with Crippen LogP contribution in [0, 0.1) is 0 Å². The van der Waals surface area contributed by atoms with E-state index in [2.05, 4.69) is 12.2 Å². The van der Waals surface area contributed by atoms with Gasteiger partial charge in [0, 0.05) is 32.8 Å². The number of nitrogens with zero attached hydrogens (tertiary/aromatic N) is 1. The molecule has 0 atom stereocenters. The molecule has 5 nitrogen and oxygen atoms in total. The Balaban J connectivity index is 1.80. The van der Waals surface area contributed by atoms with Crippen molar-refractivity contribution in [2.75, 3.05) is 46.1 Å². The quantitative estimate of drug-likeness (QED) is 0.597. The van der Waals surface area contributed by atoms with Crippen LogP contribution in [-0.4, -0.2) is 57.0 Å². The van der Waals surface area contributed by atoms with Crippen molar-refractivity contribution in [2.45, 2.75) is 51.9 Å². The third kappa shape index (κ3) is 9.69. The SMILES string of the molecule is CCCCCCCCOCCCNC(=O)N1CCOCC1. The van der Waals surface area contributed by atoms with Crippen molar-refractivity contribution in [3.8, 4) is 0 Å². The van der Waals surface area contributed by atoms with Crippen LogP contribution < -0.4 is 5.32 Å². The molecule has 0 aromatic heterocycles. The largest absolute Gasteiger partial charge is 0.381 e. The molecule has 1 fully saturated rings. The number of morpholine rings is 1. The number of amides is 2. The molecule has 1 rings (SSSR count). The van der Waals surface area contributed by atoms with Crippen molar-refractivity contribution >= 4 is 6.03 Å². The lowest BCUT2D eigenvalue weighted by molar-refractivity contribution is 0.0530. The molecule has 0 bridgehead atoms. The summed E-state index contributed by atoms with van der Waals surface area (Å²) in [6.07, 6.45) is 8.64. The van der Waals surface area contributed by atoms with E-state index in [1.807, 2.05) is 0 Å². The average molecular weight is 300 g/mol. The van der Waals surface area contributed by atoms with Crippen LogP contribution in [0.4, 0.5) is 4.79 Å². The van der Waals surface area contributed by atoms with Crippen LogP contribution in [0.1, 0.15) is 51.9 Å². The summed E-state index contributed by atoms with van der Waals surface area (Å²) < 4.78 is 10.8. The van der Waals surface area contributed by atoms with Crippen molar-refractivity contribution in [2.24, 2.45) is 0 Å². The molecule has 0 aliphatic carbocycles. The molecule has 1 N–H and O–H groups in total. The number of urea groups is 1. The summed E-state index contributed by atoms with van der Waals surface area (Å²) in [4.78, 5) is 13.6. The molecule has 124 valence electrons. The van der Waals surface area contributed by atoms with E-state index in [4.69, 9.17) is 9.47 Å². The summed E-state index contributed by atoms with van der Waals surface area (Å²) >= 11 is 0. The highest BCUT2D eigenvalue weighted by Crippen LogP contribution is 2.04. The molecule has 0 radical (unpaired) electrons. The molecule has 1 saturated heterocycles. The number of carbonyl (C=O) groups is 1. The molecule has 1 aliphatic heterocycles. The van der Waals surface area contributed by atoms with Gasteiger partial charge in [0.15, 0.2) is 0 Å². The molecule has 21 heavy (non-hydrogen) atoms. The smallest absolute Gasteiger partial charge is 0.317 e. The van der Waals surface area contributed by atoms with Crippen LogP contribution >= 0.6 is 0 Å². The minimum absolute atomic E-state index is 0.0224. The third-order valence-corrected chi connectivity index (χ3v) is 3.68. The van der Waals surface area contributed by atoms with Gasteiger partial charge in [0.2, 0.25) is 0 Å². The van der Waals surface area contributed by atoms with Crippen molar-refractivity contribution in [1.29, 1.82) is 0 Å². The number of carbonyl (C=O) groups excluding carboxylic acids is 1. The molecule has 5 heteroatoms. The second-order valence-electron chi connectivity index (χ2n) is 5.57. The van der Waals surface area contributed by atoms with Crippen LogP contribution in [-0.2, 0) is 9.47 Å². The summed E-state index contributed by atoms with van der Waals surface area (Å²) in [5.41, 5.74) is 0. The number of nitrogens with one attached hydrogen (secondary N) is 1. The van der Waals surface area contributed by atoms with Gasteiger partial charge in [-0.15, -0.1) is 0 Å². The Morgan fingerprint density at radius 3 is 2.48 bits per heavy atom. The summed E-state index contributed by atoms with van der Waals surface area (Å²) in [7, 11) is 0. The van der Waals surface area contributed by atoms with Gasteiger partial charge < -0.3 is 19.7 Å². The molecule has 2 amide bonds. The Kier molecular flexibility index (Phi) is 11.2. The molecular weight excluding hydrogens is 268 g/mol. The summed E-state index contributed by atoms with van der Waals surface area (Å²) in [6, 6.07) is 0.0224. The van der Waals surface area contributed by atoms with Crippen molar-refractivity contribution in [3.05, 3.63) is 0 Å². The topological polar surface area (TPSA) is 50.8 Å². The van der Waals surface area contributed by atoms with Gasteiger partial charge in [-0.25, -0.2) is 4.79 Å². The first-order valence-corrected chi connectivity index (χ1v) is 8.53. The molecule has 0 unspecified atom stereocenters. The predicted octanol–water partition coefficient (Wildman–Crippen LogP) is 2.80. The number of hydrogen-bond donors (Lipinski definition) is 1. The first kappa shape index (κ1) is 18.2. The molecule has 1 heterocycles. The molecule has 0 aromatic rings. The van der Waals surface area contributed by atoms with Crippen LogP contribution in [0.15, 0.2) is 0 Å². The summed E-state index contributed by atoms with van der Waals surface area (Å²) in [5, 5.41) is 2.93. The van der Waals surface area contributed by atoms with Crippen molar-refractivity contribution in [1.82, 2.24) is 10.2 Å². The Hall–Kier alpha value is -0.810. The molecule has 0 aromatic carbocycles. The van der Waals surface area contributed by atoms with Crippen molar-refractivity contribution < 1.29 is 14.3 Å². The average Bonchev–Trinajstić information content (AvgIpc) is 2.53. The van der Waals surface area contributed by atoms with Gasteiger partial charge in [-0.05, 0) is 12.8 Å². The number of hydrogen-bond acceptors (Lipinski definition) is 3. The van der Waals surface area contributed by atoms with E-state index in [1.165, 1.54) is 32.1 Å². The zero-order valence-corrected chi connectivity index (χ0v) is 13.6. The minimum atomic E-state index is 0.0224.